The number of hydrogen-bond acceptors (Lipinski definition) is 0. The quantitative estimate of drug-likeness (QED) is 0.280. The van der Waals surface area contributed by atoms with Crippen molar-refractivity contribution in [2.75, 3.05) is 5.33 Å². The van der Waals surface area contributed by atoms with Gasteiger partial charge >= 0.3 is 0 Å². The Balaban J connectivity index is 3.04. The van der Waals surface area contributed by atoms with Crippen molar-refractivity contribution in [1.82, 2.24) is 0 Å². The van der Waals surface area contributed by atoms with Gasteiger partial charge in [0.15, 0.2) is 0 Å². The molecule has 1 heteroatoms. The number of alkyl halides is 1. The molecule has 12 heavy (non-hydrogen) atoms. The van der Waals surface area contributed by atoms with E-state index >= 15 is 0 Å². The summed E-state index contributed by atoms with van der Waals surface area (Å²) in [5.41, 5.74) is 0. The van der Waals surface area contributed by atoms with Crippen molar-refractivity contribution < 1.29 is 0 Å². The lowest BCUT2D eigenvalue weighted by Gasteiger charge is -1.89. The van der Waals surface area contributed by atoms with Crippen molar-refractivity contribution >= 4 is 15.9 Å². The SMILES string of the molecule is C=CCCCCC#CCCCBr. The van der Waals surface area contributed by atoms with Crippen molar-refractivity contribution in [3.63, 3.8) is 0 Å². The molecular formula is C11H17Br. The fourth-order valence-corrected chi connectivity index (χ4v) is 1.11. The van der Waals surface area contributed by atoms with Crippen molar-refractivity contribution in [1.29, 1.82) is 0 Å². The van der Waals surface area contributed by atoms with Crippen LogP contribution in [0.25, 0.3) is 0 Å². The predicted octanol–water partition coefficient (Wildman–Crippen LogP) is 3.91. The molecule has 0 aliphatic heterocycles. The van der Waals surface area contributed by atoms with Crippen LogP contribution in [0.15, 0.2) is 12.7 Å². The Hall–Kier alpha value is -0.220. The summed E-state index contributed by atoms with van der Waals surface area (Å²) in [5.74, 6) is 6.33. The Kier molecular flexibility index (Phi) is 10.6. The van der Waals surface area contributed by atoms with Crippen LogP contribution < -0.4 is 0 Å². The fraction of sp³-hybridized carbons (Fsp3) is 0.636. The first-order valence-corrected chi connectivity index (χ1v) is 5.66. The molecule has 0 rings (SSSR count). The second-order valence-electron chi connectivity index (χ2n) is 2.68. The number of unbranched alkanes of at least 4 members (excludes halogenated alkanes) is 4. The summed E-state index contributed by atoms with van der Waals surface area (Å²) in [6, 6.07) is 0. The fourth-order valence-electron chi connectivity index (χ4n) is 0.834. The van der Waals surface area contributed by atoms with Gasteiger partial charge in [0.2, 0.25) is 0 Å². The molecule has 0 aliphatic carbocycles. The Labute approximate surface area is 84.6 Å². The van der Waals surface area contributed by atoms with Crippen LogP contribution >= 0.6 is 15.9 Å². The number of allylic oxidation sites excluding steroid dienone is 1. The first-order chi connectivity index (χ1) is 5.91. The Morgan fingerprint density at radius 2 is 1.75 bits per heavy atom. The standard InChI is InChI=1S/C11H17Br/c1-2-3-4-5-6-7-8-9-10-11-12/h2H,1,3-6,9-11H2. The third-order valence-corrected chi connectivity index (χ3v) is 2.08. The van der Waals surface area contributed by atoms with E-state index in [9.17, 15) is 0 Å². The highest BCUT2D eigenvalue weighted by atomic mass is 79.9. The Morgan fingerprint density at radius 3 is 2.33 bits per heavy atom. The molecule has 0 spiro atoms. The zero-order valence-electron chi connectivity index (χ0n) is 7.61. The van der Waals surface area contributed by atoms with Crippen molar-refractivity contribution in [2.24, 2.45) is 0 Å². The van der Waals surface area contributed by atoms with Crippen molar-refractivity contribution in [2.45, 2.75) is 38.5 Å². The van der Waals surface area contributed by atoms with Gasteiger partial charge < -0.3 is 0 Å². The normalized spacial score (nSPS) is 8.75. The molecule has 0 aromatic carbocycles. The van der Waals surface area contributed by atoms with E-state index in [1.807, 2.05) is 6.08 Å². The van der Waals surface area contributed by atoms with Gasteiger partial charge in [-0.25, -0.2) is 0 Å². The highest BCUT2D eigenvalue weighted by Crippen LogP contribution is 1.99. The molecule has 0 nitrogen and oxygen atoms in total. The molecule has 0 aromatic rings. The summed E-state index contributed by atoms with van der Waals surface area (Å²) in [6.07, 6.45) is 8.80. The lowest BCUT2D eigenvalue weighted by Crippen LogP contribution is -1.73. The van der Waals surface area contributed by atoms with E-state index in [4.69, 9.17) is 0 Å². The van der Waals surface area contributed by atoms with E-state index in [0.717, 1.165) is 24.6 Å². The molecule has 0 radical (unpaired) electrons. The zero-order chi connectivity index (χ0) is 9.07. The van der Waals surface area contributed by atoms with Crippen LogP contribution in [0.4, 0.5) is 0 Å². The van der Waals surface area contributed by atoms with Crippen LogP contribution in [0.3, 0.4) is 0 Å². The molecule has 0 amide bonds. The number of rotatable bonds is 6. The molecule has 0 atom stereocenters. The third kappa shape index (κ3) is 9.78. The minimum Gasteiger partial charge on any atom is -0.103 e. The van der Waals surface area contributed by atoms with Crippen LogP contribution in [-0.2, 0) is 0 Å². The van der Waals surface area contributed by atoms with E-state index in [0.29, 0.717) is 0 Å². The smallest absolute Gasteiger partial charge is 0.00966 e. The largest absolute Gasteiger partial charge is 0.103 e. The highest BCUT2D eigenvalue weighted by Gasteiger charge is 1.82. The minimum atomic E-state index is 1.03. The van der Waals surface area contributed by atoms with Crippen molar-refractivity contribution in [3.05, 3.63) is 12.7 Å². The second kappa shape index (κ2) is 10.8. The van der Waals surface area contributed by atoms with Crippen molar-refractivity contribution in [3.8, 4) is 11.8 Å². The molecule has 0 heterocycles. The molecular weight excluding hydrogens is 212 g/mol. The summed E-state index contributed by atoms with van der Waals surface area (Å²) in [4.78, 5) is 0. The second-order valence-corrected chi connectivity index (χ2v) is 3.47. The monoisotopic (exact) mass is 228 g/mol. The summed E-state index contributed by atoms with van der Waals surface area (Å²) >= 11 is 3.37. The van der Waals surface area contributed by atoms with E-state index in [-0.39, 0.29) is 0 Å². The number of halogens is 1. The number of hydrogen-bond donors (Lipinski definition) is 0. The van der Waals surface area contributed by atoms with Gasteiger partial charge in [-0.3, -0.25) is 0 Å². The summed E-state index contributed by atoms with van der Waals surface area (Å²) in [6.45, 7) is 3.68. The van der Waals surface area contributed by atoms with E-state index in [1.165, 1.54) is 19.3 Å². The molecule has 68 valence electrons. The molecule has 0 aromatic heterocycles. The molecule has 0 unspecified atom stereocenters. The maximum absolute atomic E-state index is 3.68. The van der Waals surface area contributed by atoms with Crippen LogP contribution in [0, 0.1) is 11.8 Å². The predicted molar refractivity (Wildman–Crippen MR) is 59.5 cm³/mol. The Bertz CT molecular complexity index is 150. The van der Waals surface area contributed by atoms with Gasteiger partial charge in [0.05, 0.1) is 0 Å². The molecule has 0 bridgehead atoms. The summed E-state index contributed by atoms with van der Waals surface area (Å²) < 4.78 is 0. The lowest BCUT2D eigenvalue weighted by atomic mass is 10.2. The first-order valence-electron chi connectivity index (χ1n) is 4.54. The first kappa shape index (κ1) is 11.8. The Morgan fingerprint density at radius 1 is 1.08 bits per heavy atom. The minimum absolute atomic E-state index is 1.03. The topological polar surface area (TPSA) is 0 Å². The van der Waals surface area contributed by atoms with Crippen LogP contribution in [0.2, 0.25) is 0 Å². The summed E-state index contributed by atoms with van der Waals surface area (Å²) in [5, 5.41) is 1.07. The molecule has 0 saturated heterocycles. The van der Waals surface area contributed by atoms with E-state index in [2.05, 4.69) is 34.3 Å². The average Bonchev–Trinajstić information content (AvgIpc) is 2.10. The maximum Gasteiger partial charge on any atom is 0.00966 e. The van der Waals surface area contributed by atoms with Crippen LogP contribution in [0.5, 0.6) is 0 Å². The van der Waals surface area contributed by atoms with E-state index in [1.54, 1.807) is 0 Å². The van der Waals surface area contributed by atoms with E-state index < -0.39 is 0 Å². The van der Waals surface area contributed by atoms with Gasteiger partial charge in [0.25, 0.3) is 0 Å². The van der Waals surface area contributed by atoms with Gasteiger partial charge in [-0.15, -0.1) is 18.4 Å². The van der Waals surface area contributed by atoms with Gasteiger partial charge in [0, 0.05) is 18.2 Å². The maximum atomic E-state index is 3.68. The molecule has 0 aliphatic rings. The van der Waals surface area contributed by atoms with Gasteiger partial charge in [-0.05, 0) is 25.7 Å². The molecule has 0 saturated carbocycles. The molecule has 0 fully saturated rings. The van der Waals surface area contributed by atoms with Crippen LogP contribution in [0.1, 0.15) is 38.5 Å². The molecule has 0 N–H and O–H groups in total. The van der Waals surface area contributed by atoms with Gasteiger partial charge in [0.1, 0.15) is 0 Å². The van der Waals surface area contributed by atoms with Gasteiger partial charge in [-0.1, -0.05) is 22.0 Å². The highest BCUT2D eigenvalue weighted by molar-refractivity contribution is 9.09. The third-order valence-electron chi connectivity index (χ3n) is 1.52. The van der Waals surface area contributed by atoms with Gasteiger partial charge in [-0.2, -0.15) is 0 Å². The lowest BCUT2D eigenvalue weighted by molar-refractivity contribution is 0.772. The average molecular weight is 229 g/mol. The van der Waals surface area contributed by atoms with Crippen LogP contribution in [-0.4, -0.2) is 5.33 Å². The summed E-state index contributed by atoms with van der Waals surface area (Å²) in [7, 11) is 0. The zero-order valence-corrected chi connectivity index (χ0v) is 9.20.